The Labute approximate surface area is 90.3 Å². The normalized spacial score (nSPS) is 10.7. The lowest BCUT2D eigenvalue weighted by Crippen LogP contribution is -2.06. The van der Waals surface area contributed by atoms with Crippen LogP contribution in [-0.4, -0.2) is 17.2 Å². The summed E-state index contributed by atoms with van der Waals surface area (Å²) >= 11 is 0. The molecule has 1 N–H and O–H groups in total. The molecule has 2 aromatic rings. The maximum Gasteiger partial charge on any atom is 0.261 e. The zero-order valence-electron chi connectivity index (χ0n) is 8.50. The van der Waals surface area contributed by atoms with E-state index >= 15 is 0 Å². The van der Waals surface area contributed by atoms with Gasteiger partial charge in [-0.1, -0.05) is 5.16 Å². The highest BCUT2D eigenvalue weighted by atomic mass is 19.1. The highest BCUT2D eigenvalue weighted by Gasteiger charge is 2.13. The van der Waals surface area contributed by atoms with Gasteiger partial charge in [-0.05, 0) is 25.2 Å². The first-order chi connectivity index (χ1) is 7.70. The van der Waals surface area contributed by atoms with Crippen molar-refractivity contribution in [1.29, 1.82) is 0 Å². The first-order valence-corrected chi connectivity index (χ1v) is 4.63. The molecule has 84 valence electrons. The minimum absolute atomic E-state index is 0.0257. The molecule has 6 heteroatoms. The standard InChI is InChI=1S/C10H9F2N3O/c1-13-5-9-14-10(16-15-9)7-4-6(11)2-3-8(7)12/h2-4,13H,5H2,1H3. The minimum Gasteiger partial charge on any atom is -0.334 e. The van der Waals surface area contributed by atoms with Crippen LogP contribution in [0.4, 0.5) is 8.78 Å². The Morgan fingerprint density at radius 2 is 2.19 bits per heavy atom. The molecule has 0 aliphatic heterocycles. The van der Waals surface area contributed by atoms with Crippen molar-refractivity contribution in [2.24, 2.45) is 0 Å². The Morgan fingerprint density at radius 1 is 1.38 bits per heavy atom. The molecule has 2 rings (SSSR count). The van der Waals surface area contributed by atoms with Gasteiger partial charge in [-0.25, -0.2) is 8.78 Å². The molecule has 0 radical (unpaired) electrons. The zero-order valence-corrected chi connectivity index (χ0v) is 8.50. The average molecular weight is 225 g/mol. The fourth-order valence-electron chi connectivity index (χ4n) is 1.25. The van der Waals surface area contributed by atoms with Crippen LogP contribution < -0.4 is 5.32 Å². The van der Waals surface area contributed by atoms with E-state index in [1.54, 1.807) is 7.05 Å². The van der Waals surface area contributed by atoms with Gasteiger partial charge in [-0.2, -0.15) is 4.98 Å². The molecule has 0 spiro atoms. The topological polar surface area (TPSA) is 51.0 Å². The summed E-state index contributed by atoms with van der Waals surface area (Å²) in [6.07, 6.45) is 0. The van der Waals surface area contributed by atoms with Crippen molar-refractivity contribution in [2.45, 2.75) is 6.54 Å². The van der Waals surface area contributed by atoms with Gasteiger partial charge in [0.25, 0.3) is 5.89 Å². The Balaban J connectivity index is 2.38. The molecule has 4 nitrogen and oxygen atoms in total. The van der Waals surface area contributed by atoms with Gasteiger partial charge in [-0.15, -0.1) is 0 Å². The molecule has 0 aliphatic carbocycles. The third-order valence-electron chi connectivity index (χ3n) is 1.96. The number of benzene rings is 1. The monoisotopic (exact) mass is 225 g/mol. The minimum atomic E-state index is -0.596. The van der Waals surface area contributed by atoms with Crippen molar-refractivity contribution in [2.75, 3.05) is 7.05 Å². The van der Waals surface area contributed by atoms with Crippen LogP contribution in [0.25, 0.3) is 11.5 Å². The van der Waals surface area contributed by atoms with E-state index in [1.165, 1.54) is 0 Å². The molecule has 16 heavy (non-hydrogen) atoms. The van der Waals surface area contributed by atoms with Crippen LogP contribution >= 0.6 is 0 Å². The van der Waals surface area contributed by atoms with E-state index in [2.05, 4.69) is 15.5 Å². The summed E-state index contributed by atoms with van der Waals surface area (Å²) < 4.78 is 31.1. The molecular formula is C10H9F2N3O. The van der Waals surface area contributed by atoms with Crippen LogP contribution in [0.15, 0.2) is 22.7 Å². The van der Waals surface area contributed by atoms with E-state index in [9.17, 15) is 8.78 Å². The lowest BCUT2D eigenvalue weighted by Gasteiger charge is -1.96. The Bertz CT molecular complexity index is 499. The average Bonchev–Trinajstić information content (AvgIpc) is 2.71. The van der Waals surface area contributed by atoms with E-state index in [4.69, 9.17) is 4.52 Å². The molecule has 1 aromatic carbocycles. The van der Waals surface area contributed by atoms with Gasteiger partial charge in [0.05, 0.1) is 12.1 Å². The number of hydrogen-bond donors (Lipinski definition) is 1. The van der Waals surface area contributed by atoms with Crippen molar-refractivity contribution in [1.82, 2.24) is 15.5 Å². The summed E-state index contributed by atoms with van der Waals surface area (Å²) in [5.74, 6) is -0.783. The van der Waals surface area contributed by atoms with Crippen molar-refractivity contribution in [3.63, 3.8) is 0 Å². The second kappa shape index (κ2) is 4.36. The lowest BCUT2D eigenvalue weighted by atomic mass is 10.2. The second-order valence-corrected chi connectivity index (χ2v) is 3.17. The smallest absolute Gasteiger partial charge is 0.261 e. The number of halogens is 2. The van der Waals surface area contributed by atoms with Crippen LogP contribution in [0.3, 0.4) is 0 Å². The van der Waals surface area contributed by atoms with E-state index in [0.717, 1.165) is 18.2 Å². The van der Waals surface area contributed by atoms with E-state index in [0.29, 0.717) is 12.4 Å². The summed E-state index contributed by atoms with van der Waals surface area (Å²) in [5.41, 5.74) is -0.0325. The first kappa shape index (κ1) is 10.7. The van der Waals surface area contributed by atoms with Crippen LogP contribution in [-0.2, 0) is 6.54 Å². The van der Waals surface area contributed by atoms with Crippen LogP contribution in [0.5, 0.6) is 0 Å². The molecule has 0 aliphatic rings. The third kappa shape index (κ3) is 2.06. The van der Waals surface area contributed by atoms with Gasteiger partial charge in [-0.3, -0.25) is 0 Å². The van der Waals surface area contributed by atoms with Crippen molar-refractivity contribution < 1.29 is 13.3 Å². The van der Waals surface area contributed by atoms with Crippen molar-refractivity contribution >= 4 is 0 Å². The quantitative estimate of drug-likeness (QED) is 0.864. The van der Waals surface area contributed by atoms with Crippen molar-refractivity contribution in [3.05, 3.63) is 35.7 Å². The Morgan fingerprint density at radius 3 is 2.94 bits per heavy atom. The molecular weight excluding hydrogens is 216 g/mol. The maximum absolute atomic E-state index is 13.3. The first-order valence-electron chi connectivity index (χ1n) is 4.63. The number of rotatable bonds is 3. The van der Waals surface area contributed by atoms with Gasteiger partial charge >= 0.3 is 0 Å². The third-order valence-corrected chi connectivity index (χ3v) is 1.96. The highest BCUT2D eigenvalue weighted by Crippen LogP contribution is 2.21. The molecule has 0 bridgehead atoms. The number of nitrogens with zero attached hydrogens (tertiary/aromatic N) is 2. The Hall–Kier alpha value is -1.82. The summed E-state index contributed by atoms with van der Waals surface area (Å²) in [7, 11) is 1.72. The van der Waals surface area contributed by atoms with E-state index in [1.807, 2.05) is 0 Å². The molecule has 0 saturated heterocycles. The van der Waals surface area contributed by atoms with Crippen LogP contribution in [0.2, 0.25) is 0 Å². The molecule has 0 atom stereocenters. The predicted octanol–water partition coefficient (Wildman–Crippen LogP) is 1.73. The fraction of sp³-hybridized carbons (Fsp3) is 0.200. The maximum atomic E-state index is 13.3. The largest absolute Gasteiger partial charge is 0.334 e. The van der Waals surface area contributed by atoms with E-state index in [-0.39, 0.29) is 11.5 Å². The number of nitrogens with one attached hydrogen (secondary N) is 1. The summed E-state index contributed by atoms with van der Waals surface area (Å²) in [4.78, 5) is 3.93. The van der Waals surface area contributed by atoms with Crippen molar-refractivity contribution in [3.8, 4) is 11.5 Å². The summed E-state index contributed by atoms with van der Waals surface area (Å²) in [5, 5.41) is 6.44. The molecule has 0 saturated carbocycles. The zero-order chi connectivity index (χ0) is 11.5. The second-order valence-electron chi connectivity index (χ2n) is 3.17. The van der Waals surface area contributed by atoms with Gasteiger partial charge < -0.3 is 9.84 Å². The van der Waals surface area contributed by atoms with E-state index < -0.39 is 11.6 Å². The SMILES string of the molecule is CNCc1noc(-c2cc(F)ccc2F)n1. The molecule has 0 amide bonds. The number of hydrogen-bond acceptors (Lipinski definition) is 4. The van der Waals surface area contributed by atoms with Gasteiger partial charge in [0.2, 0.25) is 0 Å². The lowest BCUT2D eigenvalue weighted by molar-refractivity contribution is 0.418. The van der Waals surface area contributed by atoms with Crippen LogP contribution in [0, 0.1) is 11.6 Å². The fourth-order valence-corrected chi connectivity index (χ4v) is 1.25. The molecule has 0 fully saturated rings. The van der Waals surface area contributed by atoms with Gasteiger partial charge in [0.15, 0.2) is 5.82 Å². The predicted molar refractivity (Wildman–Crippen MR) is 52.4 cm³/mol. The Kier molecular flexibility index (Phi) is 2.91. The van der Waals surface area contributed by atoms with Gasteiger partial charge in [0.1, 0.15) is 11.6 Å². The molecule has 1 heterocycles. The van der Waals surface area contributed by atoms with Gasteiger partial charge in [0, 0.05) is 0 Å². The number of aromatic nitrogens is 2. The highest BCUT2D eigenvalue weighted by molar-refractivity contribution is 5.53. The molecule has 0 unspecified atom stereocenters. The van der Waals surface area contributed by atoms with Crippen LogP contribution in [0.1, 0.15) is 5.82 Å². The summed E-state index contributed by atoms with van der Waals surface area (Å²) in [6, 6.07) is 3.07. The summed E-state index contributed by atoms with van der Waals surface area (Å²) in [6.45, 7) is 0.403. The molecule has 1 aromatic heterocycles.